The van der Waals surface area contributed by atoms with Crippen LogP contribution in [0.2, 0.25) is 10.0 Å². The fourth-order valence-electron chi connectivity index (χ4n) is 2.95. The lowest BCUT2D eigenvalue weighted by atomic mass is 10.2. The summed E-state index contributed by atoms with van der Waals surface area (Å²) < 4.78 is 1.72. The second-order valence-electron chi connectivity index (χ2n) is 5.74. The first-order valence-electron chi connectivity index (χ1n) is 7.90. The quantitative estimate of drug-likeness (QED) is 0.609. The summed E-state index contributed by atoms with van der Waals surface area (Å²) in [5, 5.41) is 10.9. The van der Waals surface area contributed by atoms with E-state index in [-0.39, 0.29) is 12.3 Å². The van der Waals surface area contributed by atoms with E-state index in [1.54, 1.807) is 22.4 Å². The average Bonchev–Trinajstić information content (AvgIpc) is 3.05. The molecule has 0 aliphatic heterocycles. The molecule has 0 saturated carbocycles. The standard InChI is InChI=1S/C17H18Cl2N2O2S/c18-13-6-5-11(9-14(13)19)10-24-16-12-3-1-4-15(12)21(7-2-8-22)17(23)20-16/h5-6,9,22H,1-4,7-8,10H2. The van der Waals surface area contributed by atoms with Crippen LogP contribution in [-0.2, 0) is 25.1 Å². The third-order valence-corrected chi connectivity index (χ3v) is 5.93. The fraction of sp³-hybridized carbons (Fsp3) is 0.412. The Morgan fingerprint density at radius 3 is 2.83 bits per heavy atom. The minimum absolute atomic E-state index is 0.0784. The Morgan fingerprint density at radius 2 is 2.08 bits per heavy atom. The lowest BCUT2D eigenvalue weighted by Gasteiger charge is -2.13. The molecule has 24 heavy (non-hydrogen) atoms. The SMILES string of the molecule is O=c1nc(SCc2ccc(Cl)c(Cl)c2)c2c(n1CCCO)CCC2. The van der Waals surface area contributed by atoms with Crippen molar-refractivity contribution in [2.45, 2.75) is 43.0 Å². The van der Waals surface area contributed by atoms with Gasteiger partial charge < -0.3 is 5.11 Å². The maximum Gasteiger partial charge on any atom is 0.348 e. The molecular weight excluding hydrogens is 367 g/mol. The molecule has 1 N–H and O–H groups in total. The highest BCUT2D eigenvalue weighted by Crippen LogP contribution is 2.32. The number of hydrogen-bond donors (Lipinski definition) is 1. The molecule has 0 fully saturated rings. The number of benzene rings is 1. The van der Waals surface area contributed by atoms with Crippen LogP contribution in [0.5, 0.6) is 0 Å². The van der Waals surface area contributed by atoms with E-state index >= 15 is 0 Å². The summed E-state index contributed by atoms with van der Waals surface area (Å²) >= 11 is 13.6. The van der Waals surface area contributed by atoms with Gasteiger partial charge in [-0.25, -0.2) is 4.79 Å². The van der Waals surface area contributed by atoms with Crippen molar-refractivity contribution in [3.05, 3.63) is 55.5 Å². The van der Waals surface area contributed by atoms with Gasteiger partial charge in [-0.2, -0.15) is 4.98 Å². The third-order valence-electron chi connectivity index (χ3n) is 4.10. The molecule has 2 aromatic rings. The van der Waals surface area contributed by atoms with Gasteiger partial charge in [-0.3, -0.25) is 4.57 Å². The van der Waals surface area contributed by atoms with Crippen molar-refractivity contribution in [2.75, 3.05) is 6.61 Å². The number of nitrogens with zero attached hydrogens (tertiary/aromatic N) is 2. The monoisotopic (exact) mass is 384 g/mol. The number of hydrogen-bond acceptors (Lipinski definition) is 4. The number of aliphatic hydroxyl groups excluding tert-OH is 1. The zero-order valence-electron chi connectivity index (χ0n) is 13.1. The predicted molar refractivity (Wildman–Crippen MR) is 98.2 cm³/mol. The molecule has 0 amide bonds. The predicted octanol–water partition coefficient (Wildman–Crippen LogP) is 3.71. The molecule has 4 nitrogen and oxygen atoms in total. The first-order valence-corrected chi connectivity index (χ1v) is 9.64. The van der Waals surface area contributed by atoms with E-state index in [1.165, 1.54) is 5.56 Å². The van der Waals surface area contributed by atoms with Gasteiger partial charge in [0.2, 0.25) is 0 Å². The van der Waals surface area contributed by atoms with Gasteiger partial charge in [-0.05, 0) is 43.4 Å². The van der Waals surface area contributed by atoms with E-state index < -0.39 is 0 Å². The Hall–Kier alpha value is -1.01. The number of fused-ring (bicyclic) bond motifs is 1. The molecule has 1 aromatic heterocycles. The van der Waals surface area contributed by atoms with Gasteiger partial charge in [-0.15, -0.1) is 11.8 Å². The van der Waals surface area contributed by atoms with Gasteiger partial charge in [0, 0.05) is 30.2 Å². The molecule has 0 radical (unpaired) electrons. The second kappa shape index (κ2) is 7.91. The van der Waals surface area contributed by atoms with Crippen molar-refractivity contribution < 1.29 is 5.11 Å². The topological polar surface area (TPSA) is 55.1 Å². The molecule has 128 valence electrons. The van der Waals surface area contributed by atoms with Crippen LogP contribution < -0.4 is 5.69 Å². The van der Waals surface area contributed by atoms with Crippen LogP contribution in [0.25, 0.3) is 0 Å². The van der Waals surface area contributed by atoms with Gasteiger partial charge in [0.1, 0.15) is 5.03 Å². The normalized spacial score (nSPS) is 13.3. The van der Waals surface area contributed by atoms with Gasteiger partial charge in [0.05, 0.1) is 10.0 Å². The summed E-state index contributed by atoms with van der Waals surface area (Å²) in [5.41, 5.74) is 3.09. The van der Waals surface area contributed by atoms with Gasteiger partial charge in [0.15, 0.2) is 0 Å². The van der Waals surface area contributed by atoms with Gasteiger partial charge in [0.25, 0.3) is 0 Å². The molecule has 0 unspecified atom stereocenters. The van der Waals surface area contributed by atoms with E-state index in [4.69, 9.17) is 28.3 Å². The molecule has 1 heterocycles. The van der Waals surface area contributed by atoms with E-state index in [0.29, 0.717) is 28.8 Å². The molecule has 1 aromatic carbocycles. The highest BCUT2D eigenvalue weighted by molar-refractivity contribution is 7.98. The van der Waals surface area contributed by atoms with E-state index in [1.807, 2.05) is 12.1 Å². The van der Waals surface area contributed by atoms with Crippen molar-refractivity contribution >= 4 is 35.0 Å². The Labute approximate surface area is 154 Å². The Balaban J connectivity index is 1.83. The molecule has 0 saturated heterocycles. The van der Waals surface area contributed by atoms with Gasteiger partial charge >= 0.3 is 5.69 Å². The van der Waals surface area contributed by atoms with Crippen molar-refractivity contribution in [1.29, 1.82) is 0 Å². The molecule has 0 spiro atoms. The zero-order chi connectivity index (χ0) is 17.1. The summed E-state index contributed by atoms with van der Waals surface area (Å²) in [5.74, 6) is 0.691. The maximum absolute atomic E-state index is 12.3. The lowest BCUT2D eigenvalue weighted by Crippen LogP contribution is -2.27. The van der Waals surface area contributed by atoms with Crippen LogP contribution in [0.1, 0.15) is 29.7 Å². The number of aromatic nitrogens is 2. The van der Waals surface area contributed by atoms with E-state index in [9.17, 15) is 4.79 Å². The number of aliphatic hydroxyl groups is 1. The van der Waals surface area contributed by atoms with Crippen LogP contribution in [0, 0.1) is 0 Å². The van der Waals surface area contributed by atoms with Crippen LogP contribution in [-0.4, -0.2) is 21.3 Å². The van der Waals surface area contributed by atoms with Crippen LogP contribution in [0.3, 0.4) is 0 Å². The molecule has 3 rings (SSSR count). The first kappa shape index (κ1) is 17.8. The molecule has 0 atom stereocenters. The highest BCUT2D eigenvalue weighted by atomic mass is 35.5. The largest absolute Gasteiger partial charge is 0.396 e. The molecule has 0 bridgehead atoms. The van der Waals surface area contributed by atoms with Crippen molar-refractivity contribution in [2.24, 2.45) is 0 Å². The number of thioether (sulfide) groups is 1. The van der Waals surface area contributed by atoms with E-state index in [2.05, 4.69) is 4.98 Å². The summed E-state index contributed by atoms with van der Waals surface area (Å²) in [4.78, 5) is 16.6. The minimum Gasteiger partial charge on any atom is -0.396 e. The summed E-state index contributed by atoms with van der Waals surface area (Å²) in [6, 6.07) is 5.56. The van der Waals surface area contributed by atoms with Crippen LogP contribution in [0.15, 0.2) is 28.0 Å². The first-order chi connectivity index (χ1) is 11.6. The summed E-state index contributed by atoms with van der Waals surface area (Å²) in [6.07, 6.45) is 3.47. The van der Waals surface area contributed by atoms with Crippen molar-refractivity contribution in [3.8, 4) is 0 Å². The summed E-state index contributed by atoms with van der Waals surface area (Å²) in [7, 11) is 0. The average molecular weight is 385 g/mol. The number of halogens is 2. The molecular formula is C17H18Cl2N2O2S. The van der Waals surface area contributed by atoms with Crippen LogP contribution >= 0.6 is 35.0 Å². The molecule has 7 heteroatoms. The Kier molecular flexibility index (Phi) is 5.87. The molecule has 1 aliphatic carbocycles. The third kappa shape index (κ3) is 3.80. The van der Waals surface area contributed by atoms with Crippen LogP contribution in [0.4, 0.5) is 0 Å². The highest BCUT2D eigenvalue weighted by Gasteiger charge is 2.21. The summed E-state index contributed by atoms with van der Waals surface area (Å²) in [6.45, 7) is 0.609. The smallest absolute Gasteiger partial charge is 0.348 e. The lowest BCUT2D eigenvalue weighted by molar-refractivity contribution is 0.277. The zero-order valence-corrected chi connectivity index (χ0v) is 15.4. The second-order valence-corrected chi connectivity index (χ2v) is 7.52. The van der Waals surface area contributed by atoms with Crippen molar-refractivity contribution in [3.63, 3.8) is 0 Å². The Bertz CT molecular complexity index is 808. The van der Waals surface area contributed by atoms with Gasteiger partial charge in [-0.1, -0.05) is 29.3 Å². The Morgan fingerprint density at radius 1 is 1.25 bits per heavy atom. The minimum atomic E-state index is -0.222. The van der Waals surface area contributed by atoms with E-state index in [0.717, 1.165) is 35.5 Å². The maximum atomic E-state index is 12.3. The molecule has 1 aliphatic rings. The fourth-order valence-corrected chi connectivity index (χ4v) is 4.29. The van der Waals surface area contributed by atoms with Crippen molar-refractivity contribution in [1.82, 2.24) is 9.55 Å². The number of rotatable bonds is 6.